The molecule has 60 valence electrons. The van der Waals surface area contributed by atoms with Gasteiger partial charge in [-0.2, -0.15) is 0 Å². The van der Waals surface area contributed by atoms with E-state index >= 15 is 0 Å². The molecule has 0 aliphatic carbocycles. The van der Waals surface area contributed by atoms with E-state index in [4.69, 9.17) is 16.6 Å². The van der Waals surface area contributed by atoms with Crippen LogP contribution in [0.3, 0.4) is 0 Å². The number of phenolic OH excluding ortho intramolecular Hbond substituents is 2. The molecule has 1 aromatic rings. The molecular formula is C7H10N2O2. The molecule has 0 fully saturated rings. The average Bonchev–Trinajstić information content (AvgIpc) is 1.97. The van der Waals surface area contributed by atoms with Crippen molar-refractivity contribution in [3.8, 4) is 11.5 Å². The highest BCUT2D eigenvalue weighted by Gasteiger charge is 2.08. The summed E-state index contributed by atoms with van der Waals surface area (Å²) in [5, 5.41) is 18.3. The van der Waals surface area contributed by atoms with Gasteiger partial charge in [-0.1, -0.05) is 0 Å². The molecule has 0 amide bonds. The smallest absolute Gasteiger partial charge is 0.143 e. The number of benzene rings is 1. The lowest BCUT2D eigenvalue weighted by atomic mass is 10.1. The number of nitrogen functional groups attached to an aromatic ring is 2. The minimum atomic E-state index is -0.0993. The molecule has 11 heavy (non-hydrogen) atoms. The van der Waals surface area contributed by atoms with Gasteiger partial charge in [0.05, 0.1) is 11.4 Å². The number of nitrogens with two attached hydrogens (primary N) is 2. The molecule has 0 radical (unpaired) electrons. The van der Waals surface area contributed by atoms with E-state index in [1.807, 2.05) is 0 Å². The van der Waals surface area contributed by atoms with Gasteiger partial charge in [-0.05, 0) is 6.92 Å². The number of aromatic hydroxyl groups is 2. The summed E-state index contributed by atoms with van der Waals surface area (Å²) in [4.78, 5) is 0. The summed E-state index contributed by atoms with van der Waals surface area (Å²) in [5.41, 5.74) is 11.4. The van der Waals surface area contributed by atoms with Crippen LogP contribution in [0.15, 0.2) is 6.07 Å². The Balaban J connectivity index is 3.46. The first-order valence-corrected chi connectivity index (χ1v) is 3.10. The van der Waals surface area contributed by atoms with Crippen LogP contribution in [-0.4, -0.2) is 10.2 Å². The van der Waals surface area contributed by atoms with E-state index in [0.29, 0.717) is 5.56 Å². The maximum absolute atomic E-state index is 9.20. The van der Waals surface area contributed by atoms with E-state index in [0.717, 1.165) is 0 Å². The van der Waals surface area contributed by atoms with Gasteiger partial charge in [0.15, 0.2) is 0 Å². The van der Waals surface area contributed by atoms with Gasteiger partial charge in [-0.25, -0.2) is 0 Å². The van der Waals surface area contributed by atoms with Crippen molar-refractivity contribution in [1.29, 1.82) is 0 Å². The third-order valence-corrected chi connectivity index (χ3v) is 1.60. The Morgan fingerprint density at radius 1 is 1.27 bits per heavy atom. The lowest BCUT2D eigenvalue weighted by Gasteiger charge is -2.07. The first-order chi connectivity index (χ1) is 5.04. The molecule has 1 aromatic carbocycles. The summed E-state index contributed by atoms with van der Waals surface area (Å²) in [6, 6.07) is 1.22. The van der Waals surface area contributed by atoms with Gasteiger partial charge in [0, 0.05) is 11.6 Å². The maximum atomic E-state index is 9.20. The maximum Gasteiger partial charge on any atom is 0.143 e. The third kappa shape index (κ3) is 1.02. The zero-order valence-electron chi connectivity index (χ0n) is 6.13. The van der Waals surface area contributed by atoms with Gasteiger partial charge >= 0.3 is 0 Å². The van der Waals surface area contributed by atoms with Crippen molar-refractivity contribution in [3.63, 3.8) is 0 Å². The SMILES string of the molecule is Cc1c(N)c(O)cc(N)c1O. The summed E-state index contributed by atoms with van der Waals surface area (Å²) in [7, 11) is 0. The lowest BCUT2D eigenvalue weighted by Crippen LogP contribution is -1.94. The number of phenols is 2. The molecule has 0 aliphatic heterocycles. The Morgan fingerprint density at radius 2 is 1.82 bits per heavy atom. The standard InChI is InChI=1S/C7H10N2O2/c1-3-6(9)5(10)2-4(8)7(3)11/h2,10-11H,8-9H2,1H3. The van der Waals surface area contributed by atoms with Crippen LogP contribution in [0.1, 0.15) is 5.56 Å². The third-order valence-electron chi connectivity index (χ3n) is 1.60. The fourth-order valence-corrected chi connectivity index (χ4v) is 0.830. The second-order valence-electron chi connectivity index (χ2n) is 2.37. The van der Waals surface area contributed by atoms with Crippen molar-refractivity contribution in [1.82, 2.24) is 0 Å². The number of rotatable bonds is 0. The predicted molar refractivity (Wildman–Crippen MR) is 43.3 cm³/mol. The number of hydrogen-bond acceptors (Lipinski definition) is 4. The highest BCUT2D eigenvalue weighted by Crippen LogP contribution is 2.35. The first kappa shape index (κ1) is 7.53. The fraction of sp³-hybridized carbons (Fsp3) is 0.143. The molecule has 0 saturated carbocycles. The van der Waals surface area contributed by atoms with Gasteiger partial charge in [-0.3, -0.25) is 0 Å². The molecule has 0 spiro atoms. The van der Waals surface area contributed by atoms with E-state index in [2.05, 4.69) is 0 Å². The fourth-order valence-electron chi connectivity index (χ4n) is 0.830. The number of anilines is 2. The minimum absolute atomic E-state index is 0.0692. The van der Waals surface area contributed by atoms with Crippen LogP contribution in [0.25, 0.3) is 0 Å². The molecule has 0 bridgehead atoms. The monoisotopic (exact) mass is 154 g/mol. The summed E-state index contributed by atoms with van der Waals surface area (Å²) in [6.07, 6.45) is 0. The molecule has 1 rings (SSSR count). The summed E-state index contributed by atoms with van der Waals surface area (Å²) < 4.78 is 0. The Bertz CT molecular complexity index is 271. The molecule has 0 aromatic heterocycles. The van der Waals surface area contributed by atoms with E-state index < -0.39 is 0 Å². The zero-order chi connectivity index (χ0) is 8.59. The van der Waals surface area contributed by atoms with Crippen LogP contribution in [0.4, 0.5) is 11.4 Å². The van der Waals surface area contributed by atoms with E-state index in [-0.39, 0.29) is 22.9 Å². The Hall–Kier alpha value is -1.58. The summed E-state index contributed by atoms with van der Waals surface area (Å²) in [6.45, 7) is 1.58. The first-order valence-electron chi connectivity index (χ1n) is 3.10. The van der Waals surface area contributed by atoms with E-state index in [1.54, 1.807) is 6.92 Å². The second-order valence-corrected chi connectivity index (χ2v) is 2.37. The quantitative estimate of drug-likeness (QED) is 0.250. The lowest BCUT2D eigenvalue weighted by molar-refractivity contribution is 0.461. The molecule has 0 saturated heterocycles. The molecule has 0 unspecified atom stereocenters. The van der Waals surface area contributed by atoms with Gasteiger partial charge < -0.3 is 21.7 Å². The molecule has 4 nitrogen and oxygen atoms in total. The van der Waals surface area contributed by atoms with Gasteiger partial charge in [0.1, 0.15) is 11.5 Å². The molecular weight excluding hydrogens is 144 g/mol. The second kappa shape index (κ2) is 2.23. The van der Waals surface area contributed by atoms with Crippen LogP contribution < -0.4 is 11.5 Å². The molecule has 0 heterocycles. The molecule has 0 aliphatic rings. The van der Waals surface area contributed by atoms with Crippen LogP contribution in [0, 0.1) is 6.92 Å². The average molecular weight is 154 g/mol. The van der Waals surface area contributed by atoms with Crippen molar-refractivity contribution in [3.05, 3.63) is 11.6 Å². The minimum Gasteiger partial charge on any atom is -0.506 e. The van der Waals surface area contributed by atoms with Crippen molar-refractivity contribution in [2.75, 3.05) is 11.5 Å². The predicted octanol–water partition coefficient (Wildman–Crippen LogP) is 0.571. The highest BCUT2D eigenvalue weighted by molar-refractivity contribution is 5.71. The molecule has 6 N–H and O–H groups in total. The molecule has 0 atom stereocenters. The van der Waals surface area contributed by atoms with Gasteiger partial charge in [0.25, 0.3) is 0 Å². The van der Waals surface area contributed by atoms with Gasteiger partial charge in [0.2, 0.25) is 0 Å². The van der Waals surface area contributed by atoms with Crippen LogP contribution in [0.5, 0.6) is 11.5 Å². The Labute approximate surface area is 64.1 Å². The largest absolute Gasteiger partial charge is 0.506 e. The summed E-state index contributed by atoms with van der Waals surface area (Å²) in [5.74, 6) is -0.168. The van der Waals surface area contributed by atoms with Crippen molar-refractivity contribution in [2.24, 2.45) is 0 Å². The summed E-state index contributed by atoms with van der Waals surface area (Å²) >= 11 is 0. The van der Waals surface area contributed by atoms with E-state index in [1.165, 1.54) is 6.07 Å². The van der Waals surface area contributed by atoms with Crippen molar-refractivity contribution < 1.29 is 10.2 Å². The van der Waals surface area contributed by atoms with Gasteiger partial charge in [-0.15, -0.1) is 0 Å². The topological polar surface area (TPSA) is 92.5 Å². The van der Waals surface area contributed by atoms with Crippen molar-refractivity contribution in [2.45, 2.75) is 6.92 Å². The van der Waals surface area contributed by atoms with Crippen LogP contribution >= 0.6 is 0 Å². The Kier molecular flexibility index (Phi) is 1.53. The van der Waals surface area contributed by atoms with Crippen molar-refractivity contribution >= 4 is 11.4 Å². The highest BCUT2D eigenvalue weighted by atomic mass is 16.3. The Morgan fingerprint density at radius 3 is 2.36 bits per heavy atom. The number of hydrogen-bond donors (Lipinski definition) is 4. The van der Waals surface area contributed by atoms with Crippen LogP contribution in [0.2, 0.25) is 0 Å². The zero-order valence-corrected chi connectivity index (χ0v) is 6.13. The molecule has 4 heteroatoms. The van der Waals surface area contributed by atoms with E-state index in [9.17, 15) is 5.11 Å². The normalized spacial score (nSPS) is 9.91. The van der Waals surface area contributed by atoms with Crippen LogP contribution in [-0.2, 0) is 0 Å².